The summed E-state index contributed by atoms with van der Waals surface area (Å²) in [5.74, 6) is 0.579. The Hall–Kier alpha value is -3.02. The third-order valence-electron chi connectivity index (χ3n) is 4.73. The molecular formula is C19H19N3O3. The number of carbonyl (C=O) groups is 2. The maximum Gasteiger partial charge on any atom is 0.255 e. The number of fused-ring (bicyclic) bond motifs is 1. The molecule has 2 amide bonds. The van der Waals surface area contributed by atoms with Crippen molar-refractivity contribution in [3.05, 3.63) is 65.8 Å². The summed E-state index contributed by atoms with van der Waals surface area (Å²) in [6, 6.07) is 8.91. The lowest BCUT2D eigenvalue weighted by molar-refractivity contribution is -0.126. The Bertz CT molecular complexity index is 842. The first-order valence-corrected chi connectivity index (χ1v) is 8.31. The van der Waals surface area contributed by atoms with E-state index in [1.54, 1.807) is 11.2 Å². The lowest BCUT2D eigenvalue weighted by Crippen LogP contribution is -2.49. The van der Waals surface area contributed by atoms with Crippen LogP contribution in [-0.2, 0) is 17.9 Å². The Balaban J connectivity index is 1.55. The fourth-order valence-corrected chi connectivity index (χ4v) is 3.43. The minimum absolute atomic E-state index is 0.0932. The molecule has 0 aliphatic carbocycles. The van der Waals surface area contributed by atoms with Crippen LogP contribution in [0, 0.1) is 0 Å². The zero-order valence-electron chi connectivity index (χ0n) is 13.7. The van der Waals surface area contributed by atoms with E-state index in [0.717, 1.165) is 17.0 Å². The van der Waals surface area contributed by atoms with Crippen molar-refractivity contribution in [1.29, 1.82) is 0 Å². The van der Waals surface area contributed by atoms with Crippen molar-refractivity contribution in [2.24, 2.45) is 0 Å². The van der Waals surface area contributed by atoms with Crippen molar-refractivity contribution in [2.45, 2.75) is 32.0 Å². The van der Waals surface area contributed by atoms with E-state index >= 15 is 0 Å². The summed E-state index contributed by atoms with van der Waals surface area (Å²) in [7, 11) is 0. The monoisotopic (exact) mass is 337 g/mol. The topological polar surface area (TPSA) is 74.6 Å². The lowest BCUT2D eigenvalue weighted by atomic mass is 10.0. The van der Waals surface area contributed by atoms with Gasteiger partial charge in [-0.25, -0.2) is 0 Å². The molecule has 128 valence electrons. The van der Waals surface area contributed by atoms with E-state index in [1.807, 2.05) is 30.3 Å². The van der Waals surface area contributed by atoms with E-state index in [9.17, 15) is 9.59 Å². The number of carbonyl (C=O) groups excluding carboxylic acids is 2. The highest BCUT2D eigenvalue weighted by atomic mass is 16.3. The molecule has 1 fully saturated rings. The van der Waals surface area contributed by atoms with Crippen molar-refractivity contribution >= 4 is 17.5 Å². The number of allylic oxidation sites excluding steroid dienone is 1. The van der Waals surface area contributed by atoms with E-state index < -0.39 is 6.04 Å². The van der Waals surface area contributed by atoms with Crippen LogP contribution in [0.25, 0.3) is 0 Å². The van der Waals surface area contributed by atoms with Crippen LogP contribution in [0.15, 0.2) is 53.3 Å². The molecule has 6 nitrogen and oxygen atoms in total. The van der Waals surface area contributed by atoms with Crippen molar-refractivity contribution in [3.8, 4) is 0 Å². The largest absolute Gasteiger partial charge is 0.467 e. The molecule has 1 aromatic carbocycles. The summed E-state index contributed by atoms with van der Waals surface area (Å²) in [4.78, 5) is 26.7. The molecule has 25 heavy (non-hydrogen) atoms. The summed E-state index contributed by atoms with van der Waals surface area (Å²) >= 11 is 0. The number of hydrogen-bond donors (Lipinski definition) is 2. The number of benzene rings is 1. The van der Waals surface area contributed by atoms with Gasteiger partial charge in [0, 0.05) is 29.1 Å². The van der Waals surface area contributed by atoms with Crippen LogP contribution in [-0.4, -0.2) is 22.8 Å². The second-order valence-corrected chi connectivity index (χ2v) is 6.34. The molecule has 0 bridgehead atoms. The minimum Gasteiger partial charge on any atom is -0.467 e. The third kappa shape index (κ3) is 2.80. The SMILES string of the molecule is C=C1CCC(N2Cc3c(NCc4ccco4)cccc3C2=O)C(=O)N1. The zero-order chi connectivity index (χ0) is 17.4. The highest BCUT2D eigenvalue weighted by molar-refractivity contribution is 6.02. The fourth-order valence-electron chi connectivity index (χ4n) is 3.43. The average Bonchev–Trinajstić information content (AvgIpc) is 3.22. The van der Waals surface area contributed by atoms with E-state index in [-0.39, 0.29) is 11.8 Å². The molecule has 2 aliphatic rings. The molecule has 1 aromatic heterocycles. The number of amides is 2. The second-order valence-electron chi connectivity index (χ2n) is 6.34. The van der Waals surface area contributed by atoms with Gasteiger partial charge in [0.15, 0.2) is 0 Å². The van der Waals surface area contributed by atoms with Crippen LogP contribution < -0.4 is 10.6 Å². The summed E-state index contributed by atoms with van der Waals surface area (Å²) < 4.78 is 5.34. The van der Waals surface area contributed by atoms with Gasteiger partial charge < -0.3 is 20.0 Å². The van der Waals surface area contributed by atoms with E-state index in [2.05, 4.69) is 17.2 Å². The summed E-state index contributed by atoms with van der Waals surface area (Å²) in [6.07, 6.45) is 2.94. The first kappa shape index (κ1) is 15.5. The van der Waals surface area contributed by atoms with E-state index in [4.69, 9.17) is 4.42 Å². The minimum atomic E-state index is -0.441. The number of piperidine rings is 1. The van der Waals surface area contributed by atoms with Crippen molar-refractivity contribution in [3.63, 3.8) is 0 Å². The van der Waals surface area contributed by atoms with Crippen LogP contribution in [0.1, 0.15) is 34.5 Å². The van der Waals surface area contributed by atoms with Gasteiger partial charge in [0.05, 0.1) is 12.8 Å². The van der Waals surface area contributed by atoms with Gasteiger partial charge in [-0.05, 0) is 37.1 Å². The van der Waals surface area contributed by atoms with Gasteiger partial charge in [0.2, 0.25) is 5.91 Å². The van der Waals surface area contributed by atoms with Gasteiger partial charge >= 0.3 is 0 Å². The van der Waals surface area contributed by atoms with Gasteiger partial charge in [0.1, 0.15) is 11.8 Å². The van der Waals surface area contributed by atoms with Crippen LogP contribution in [0.5, 0.6) is 0 Å². The first-order chi connectivity index (χ1) is 12.1. The fraction of sp³-hybridized carbons (Fsp3) is 0.263. The van der Waals surface area contributed by atoms with Gasteiger partial charge in [-0.3, -0.25) is 9.59 Å². The zero-order valence-corrected chi connectivity index (χ0v) is 13.7. The third-order valence-corrected chi connectivity index (χ3v) is 4.73. The predicted molar refractivity (Wildman–Crippen MR) is 92.7 cm³/mol. The molecule has 2 N–H and O–H groups in total. The van der Waals surface area contributed by atoms with E-state index in [0.29, 0.717) is 37.2 Å². The molecule has 0 spiro atoms. The van der Waals surface area contributed by atoms with Crippen LogP contribution in [0.4, 0.5) is 5.69 Å². The highest BCUT2D eigenvalue weighted by Crippen LogP contribution is 2.32. The van der Waals surface area contributed by atoms with Gasteiger partial charge in [0.25, 0.3) is 5.91 Å². The van der Waals surface area contributed by atoms with Crippen molar-refractivity contribution in [1.82, 2.24) is 10.2 Å². The predicted octanol–water partition coefficient (Wildman–Crippen LogP) is 2.64. The lowest BCUT2D eigenvalue weighted by Gasteiger charge is -2.31. The molecule has 6 heteroatoms. The van der Waals surface area contributed by atoms with Crippen LogP contribution in [0.2, 0.25) is 0 Å². The molecule has 4 rings (SSSR count). The van der Waals surface area contributed by atoms with Crippen molar-refractivity contribution < 1.29 is 14.0 Å². The van der Waals surface area contributed by atoms with E-state index in [1.165, 1.54) is 0 Å². The smallest absolute Gasteiger partial charge is 0.255 e. The quantitative estimate of drug-likeness (QED) is 0.899. The highest BCUT2D eigenvalue weighted by Gasteiger charge is 2.38. The Morgan fingerprint density at radius 2 is 2.16 bits per heavy atom. The maximum absolute atomic E-state index is 12.8. The number of nitrogens with zero attached hydrogens (tertiary/aromatic N) is 1. The molecule has 2 aromatic rings. The van der Waals surface area contributed by atoms with Crippen LogP contribution >= 0.6 is 0 Å². The molecule has 0 radical (unpaired) electrons. The van der Waals surface area contributed by atoms with Crippen molar-refractivity contribution in [2.75, 3.05) is 5.32 Å². The molecular weight excluding hydrogens is 318 g/mol. The normalized spacial score (nSPS) is 19.8. The van der Waals surface area contributed by atoms with Gasteiger partial charge in [-0.1, -0.05) is 12.6 Å². The summed E-state index contributed by atoms with van der Waals surface area (Å²) in [5.41, 5.74) is 3.19. The Morgan fingerprint density at radius 3 is 2.92 bits per heavy atom. The molecule has 1 unspecified atom stereocenters. The number of hydrogen-bond acceptors (Lipinski definition) is 4. The average molecular weight is 337 g/mol. The Morgan fingerprint density at radius 1 is 1.28 bits per heavy atom. The maximum atomic E-state index is 12.8. The standard InChI is InChI=1S/C19H19N3O3/c1-12-7-8-17(18(23)21-12)22-11-15-14(19(22)24)5-2-6-16(15)20-10-13-4-3-9-25-13/h2-6,9,17,20H,1,7-8,10-11H2,(H,21,23). The Labute approximate surface area is 145 Å². The second kappa shape index (κ2) is 6.12. The Kier molecular flexibility index (Phi) is 3.80. The number of anilines is 1. The van der Waals surface area contributed by atoms with Gasteiger partial charge in [-0.15, -0.1) is 0 Å². The molecule has 0 saturated carbocycles. The molecule has 2 aliphatic heterocycles. The summed E-state index contributed by atoms with van der Waals surface area (Å²) in [5, 5.41) is 6.08. The first-order valence-electron chi connectivity index (χ1n) is 8.31. The number of nitrogens with one attached hydrogen (secondary N) is 2. The molecule has 1 atom stereocenters. The number of rotatable bonds is 4. The van der Waals surface area contributed by atoms with Gasteiger partial charge in [-0.2, -0.15) is 0 Å². The summed E-state index contributed by atoms with van der Waals surface area (Å²) in [6.45, 7) is 4.77. The molecule has 3 heterocycles. The molecule has 1 saturated heterocycles. The number of furan rings is 1. The van der Waals surface area contributed by atoms with Crippen LogP contribution in [0.3, 0.4) is 0 Å².